The summed E-state index contributed by atoms with van der Waals surface area (Å²) in [6.07, 6.45) is 2.94. The van der Waals surface area contributed by atoms with Crippen LogP contribution in [0, 0.1) is 0 Å². The minimum atomic E-state index is -3.90. The number of sulfonamides is 1. The van der Waals surface area contributed by atoms with Crippen LogP contribution < -0.4 is 4.72 Å². The number of rotatable bonds is 7. The summed E-state index contributed by atoms with van der Waals surface area (Å²) in [7, 11) is -3.90. The van der Waals surface area contributed by atoms with Gasteiger partial charge in [-0.3, -0.25) is 14.5 Å². The van der Waals surface area contributed by atoms with Crippen molar-refractivity contribution in [3.05, 3.63) is 64.7 Å². The van der Waals surface area contributed by atoms with Gasteiger partial charge in [0.25, 0.3) is 10.0 Å². The lowest BCUT2D eigenvalue weighted by Gasteiger charge is -2.34. The molecule has 206 valence electrons. The van der Waals surface area contributed by atoms with Crippen LogP contribution in [0.15, 0.2) is 52.7 Å². The van der Waals surface area contributed by atoms with E-state index in [1.54, 1.807) is 24.3 Å². The van der Waals surface area contributed by atoms with Gasteiger partial charge in [0.15, 0.2) is 0 Å². The van der Waals surface area contributed by atoms with Gasteiger partial charge in [0.05, 0.1) is 6.54 Å². The molecule has 3 aromatic rings. The molecule has 0 bridgehead atoms. The highest BCUT2D eigenvalue weighted by Gasteiger charge is 2.37. The molecule has 0 radical (unpaired) electrons. The maximum Gasteiger partial charge on any atom is 0.250 e. The van der Waals surface area contributed by atoms with Gasteiger partial charge in [0.1, 0.15) is 10.3 Å². The first-order valence-electron chi connectivity index (χ1n) is 13.4. The van der Waals surface area contributed by atoms with Gasteiger partial charge in [-0.05, 0) is 66.5 Å². The molecule has 2 fully saturated rings. The number of piperidine rings is 1. The summed E-state index contributed by atoms with van der Waals surface area (Å²) < 4.78 is 29.8. The fraction of sp³-hybridized carbons (Fsp3) is 0.429. The first-order valence-corrected chi connectivity index (χ1v) is 16.0. The van der Waals surface area contributed by atoms with Gasteiger partial charge in [-0.1, -0.05) is 35.9 Å². The molecule has 0 saturated carbocycles. The molecule has 1 N–H and O–H groups in total. The Hall–Kier alpha value is -2.50. The van der Waals surface area contributed by atoms with E-state index in [4.69, 9.17) is 11.6 Å². The number of nitrogens with zero attached hydrogens (tertiary/aromatic N) is 3. The van der Waals surface area contributed by atoms with Crippen LogP contribution >= 0.6 is 22.9 Å². The van der Waals surface area contributed by atoms with Gasteiger partial charge < -0.3 is 9.80 Å². The van der Waals surface area contributed by atoms with Crippen LogP contribution in [0.1, 0.15) is 36.8 Å². The lowest BCUT2D eigenvalue weighted by molar-refractivity contribution is -0.143. The number of carbonyl (C=O) groups excluding carboxylic acids is 2. The fourth-order valence-electron chi connectivity index (χ4n) is 6.01. The largest absolute Gasteiger partial charge is 0.337 e. The average Bonchev–Trinajstić information content (AvgIpc) is 3.64. The van der Waals surface area contributed by atoms with Gasteiger partial charge in [0, 0.05) is 48.5 Å². The van der Waals surface area contributed by atoms with E-state index in [0.29, 0.717) is 31.0 Å². The van der Waals surface area contributed by atoms with E-state index in [2.05, 4.69) is 33.9 Å². The molecule has 3 aliphatic rings. The lowest BCUT2D eigenvalue weighted by atomic mass is 10.1. The van der Waals surface area contributed by atoms with Crippen molar-refractivity contribution in [1.82, 2.24) is 19.4 Å². The SMILES string of the molecule is O=C1[C@@H](NS(=O)(=O)c2cc3cc(Cl)ccc3s2)CCCN1CC(=O)N1CCC[C@H]1CN1Cc2ccccc2C1. The number of fused-ring (bicyclic) bond motifs is 2. The molecule has 0 spiro atoms. The number of benzene rings is 2. The minimum absolute atomic E-state index is 0.0187. The van der Waals surface area contributed by atoms with Crippen molar-refractivity contribution in [2.24, 2.45) is 0 Å². The van der Waals surface area contributed by atoms with Crippen molar-refractivity contribution in [3.63, 3.8) is 0 Å². The quantitative estimate of drug-likeness (QED) is 0.454. The van der Waals surface area contributed by atoms with Crippen LogP contribution in [0.2, 0.25) is 5.02 Å². The number of amides is 2. The summed E-state index contributed by atoms with van der Waals surface area (Å²) in [5.74, 6) is -0.402. The molecule has 39 heavy (non-hydrogen) atoms. The Labute approximate surface area is 237 Å². The molecule has 8 nitrogen and oxygen atoms in total. The van der Waals surface area contributed by atoms with E-state index in [0.717, 1.165) is 53.9 Å². The molecule has 1 aromatic heterocycles. The molecule has 11 heteroatoms. The first kappa shape index (κ1) is 26.7. The van der Waals surface area contributed by atoms with Gasteiger partial charge in [-0.15, -0.1) is 11.3 Å². The van der Waals surface area contributed by atoms with E-state index in [1.807, 2.05) is 4.90 Å². The summed E-state index contributed by atoms with van der Waals surface area (Å²) in [6.45, 7) is 3.73. The van der Waals surface area contributed by atoms with E-state index in [1.165, 1.54) is 16.0 Å². The predicted octanol–water partition coefficient (Wildman–Crippen LogP) is 3.83. The Morgan fingerprint density at radius 1 is 1.03 bits per heavy atom. The number of thiophene rings is 1. The number of hydrogen-bond donors (Lipinski definition) is 1. The Kier molecular flexibility index (Phi) is 7.41. The van der Waals surface area contributed by atoms with Crippen LogP contribution in [-0.4, -0.2) is 73.2 Å². The smallest absolute Gasteiger partial charge is 0.250 e. The number of likely N-dealkylation sites (tertiary alicyclic amines) is 2. The summed E-state index contributed by atoms with van der Waals surface area (Å²) in [4.78, 5) is 32.5. The van der Waals surface area contributed by atoms with Crippen molar-refractivity contribution >= 4 is 54.9 Å². The normalized spacial score (nSPS) is 22.1. The van der Waals surface area contributed by atoms with Crippen LogP contribution in [0.25, 0.3) is 10.1 Å². The number of nitrogens with one attached hydrogen (secondary N) is 1. The lowest BCUT2D eigenvalue weighted by Crippen LogP contribution is -2.55. The molecule has 2 amide bonds. The maximum atomic E-state index is 13.4. The zero-order valence-electron chi connectivity index (χ0n) is 21.5. The van der Waals surface area contributed by atoms with Gasteiger partial charge >= 0.3 is 0 Å². The second-order valence-corrected chi connectivity index (χ2v) is 14.1. The molecule has 6 rings (SSSR count). The van der Waals surface area contributed by atoms with E-state index < -0.39 is 16.1 Å². The van der Waals surface area contributed by atoms with E-state index >= 15 is 0 Å². The average molecular weight is 587 g/mol. The number of hydrogen-bond acceptors (Lipinski definition) is 6. The number of carbonyl (C=O) groups is 2. The Bertz CT molecular complexity index is 1500. The van der Waals surface area contributed by atoms with Crippen molar-refractivity contribution in [2.45, 2.75) is 55.1 Å². The Balaban J connectivity index is 1.08. The molecule has 2 saturated heterocycles. The topological polar surface area (TPSA) is 90.0 Å². The van der Waals surface area contributed by atoms with Crippen molar-refractivity contribution in [2.75, 3.05) is 26.2 Å². The second-order valence-electron chi connectivity index (χ2n) is 10.6. The molecule has 4 heterocycles. The monoisotopic (exact) mass is 586 g/mol. The van der Waals surface area contributed by atoms with E-state index in [-0.39, 0.29) is 28.6 Å². The van der Waals surface area contributed by atoms with Gasteiger partial charge in [-0.2, -0.15) is 4.72 Å². The van der Waals surface area contributed by atoms with Crippen LogP contribution in [0.4, 0.5) is 0 Å². The van der Waals surface area contributed by atoms with Crippen molar-refractivity contribution in [1.29, 1.82) is 0 Å². The highest BCUT2D eigenvalue weighted by Crippen LogP contribution is 2.31. The zero-order chi connectivity index (χ0) is 27.1. The standard InChI is InChI=1S/C28H31ClN4O4S2/c29-22-9-10-25-21(13-22)14-27(38-25)39(36,37)30-24-8-4-11-32(28(24)35)18-26(34)33-12-3-7-23(33)17-31-15-19-5-1-2-6-20(19)16-31/h1-2,5-6,9-10,13-14,23-24,30H,3-4,7-8,11-12,15-18H2/t23-,24-/m0/s1. The molecule has 0 unspecified atom stereocenters. The summed E-state index contributed by atoms with van der Waals surface area (Å²) in [6, 6.07) is 14.5. The Morgan fingerprint density at radius 2 is 1.77 bits per heavy atom. The molecule has 2 atom stereocenters. The molecule has 3 aliphatic heterocycles. The molecular weight excluding hydrogens is 556 g/mol. The summed E-state index contributed by atoms with van der Waals surface area (Å²) in [5.41, 5.74) is 2.69. The predicted molar refractivity (Wildman–Crippen MR) is 152 cm³/mol. The van der Waals surface area contributed by atoms with Gasteiger partial charge in [-0.25, -0.2) is 8.42 Å². The summed E-state index contributed by atoms with van der Waals surface area (Å²) in [5, 5.41) is 1.28. The fourth-order valence-corrected chi connectivity index (χ4v) is 8.81. The minimum Gasteiger partial charge on any atom is -0.337 e. The third kappa shape index (κ3) is 5.58. The van der Waals surface area contributed by atoms with Crippen molar-refractivity contribution < 1.29 is 18.0 Å². The molecule has 2 aromatic carbocycles. The third-order valence-corrected chi connectivity index (χ3v) is 11.2. The summed E-state index contributed by atoms with van der Waals surface area (Å²) >= 11 is 7.19. The van der Waals surface area contributed by atoms with E-state index in [9.17, 15) is 18.0 Å². The van der Waals surface area contributed by atoms with Gasteiger partial charge in [0.2, 0.25) is 11.8 Å². The third-order valence-electron chi connectivity index (χ3n) is 7.95. The maximum absolute atomic E-state index is 13.4. The molecule has 0 aliphatic carbocycles. The number of halogens is 1. The first-order chi connectivity index (χ1) is 18.8. The van der Waals surface area contributed by atoms with Crippen LogP contribution in [0.3, 0.4) is 0 Å². The van der Waals surface area contributed by atoms with Crippen molar-refractivity contribution in [3.8, 4) is 0 Å². The zero-order valence-corrected chi connectivity index (χ0v) is 23.9. The molecular formula is C28H31ClN4O4S2. The van der Waals surface area contributed by atoms with Crippen LogP contribution in [-0.2, 0) is 32.7 Å². The Morgan fingerprint density at radius 3 is 2.54 bits per heavy atom. The van der Waals surface area contributed by atoms with Crippen LogP contribution in [0.5, 0.6) is 0 Å². The highest BCUT2D eigenvalue weighted by atomic mass is 35.5. The second kappa shape index (κ2) is 10.8. The highest BCUT2D eigenvalue weighted by molar-refractivity contribution is 7.91.